The van der Waals surface area contributed by atoms with Crippen molar-refractivity contribution >= 4 is 48.6 Å². The van der Waals surface area contributed by atoms with E-state index in [1.54, 1.807) is 0 Å². The van der Waals surface area contributed by atoms with Crippen molar-refractivity contribution in [1.29, 1.82) is 0 Å². The first-order chi connectivity index (χ1) is 31.3. The minimum absolute atomic E-state index is 0.460. The third kappa shape index (κ3) is 5.35. The summed E-state index contributed by atoms with van der Waals surface area (Å²) < 4.78 is 2.57. The molecule has 0 unspecified atom stereocenters. The summed E-state index contributed by atoms with van der Waals surface area (Å²) in [6, 6.07) is 87.9. The van der Waals surface area contributed by atoms with E-state index >= 15 is 0 Å². The lowest BCUT2D eigenvalue weighted by atomic mass is 9.70. The van der Waals surface area contributed by atoms with E-state index in [0.29, 0.717) is 0 Å². The molecule has 2 aliphatic rings. The average molecular weight is 818 g/mol. The zero-order valence-electron chi connectivity index (χ0n) is 34.4. The van der Waals surface area contributed by atoms with Gasteiger partial charge in [-0.3, -0.25) is 0 Å². The number of benzene rings is 10. The molecule has 0 N–H and O–H groups in total. The summed E-state index contributed by atoms with van der Waals surface area (Å²) in [6.07, 6.45) is 0. The summed E-state index contributed by atoms with van der Waals surface area (Å²) in [5.74, 6) is 0. The van der Waals surface area contributed by atoms with Crippen LogP contribution in [0.3, 0.4) is 0 Å². The van der Waals surface area contributed by atoms with Crippen LogP contribution in [0.5, 0.6) is 0 Å². The van der Waals surface area contributed by atoms with Crippen LogP contribution in [0.15, 0.2) is 237 Å². The fourth-order valence-corrected chi connectivity index (χ4v) is 12.0. The molecule has 1 spiro atoms. The van der Waals surface area contributed by atoms with E-state index in [9.17, 15) is 0 Å². The molecule has 1 aromatic heterocycles. The van der Waals surface area contributed by atoms with Crippen LogP contribution >= 0.6 is 11.3 Å². The van der Waals surface area contributed by atoms with Crippen LogP contribution in [0.25, 0.3) is 75.8 Å². The van der Waals surface area contributed by atoms with E-state index in [-0.39, 0.29) is 0 Å². The fraction of sp³-hybridized carbons (Fsp3) is 0.0164. The predicted octanol–water partition coefficient (Wildman–Crippen LogP) is 16.9. The minimum Gasteiger partial charge on any atom is -0.310 e. The van der Waals surface area contributed by atoms with E-state index in [1.807, 2.05) is 11.3 Å². The van der Waals surface area contributed by atoms with Gasteiger partial charge >= 0.3 is 0 Å². The molecule has 0 atom stereocenters. The van der Waals surface area contributed by atoms with Crippen molar-refractivity contribution in [3.8, 4) is 55.6 Å². The summed E-state index contributed by atoms with van der Waals surface area (Å²) in [7, 11) is 0. The zero-order chi connectivity index (χ0) is 41.5. The molecule has 294 valence electrons. The van der Waals surface area contributed by atoms with Crippen molar-refractivity contribution in [3.05, 3.63) is 259 Å². The Kier molecular flexibility index (Phi) is 8.06. The lowest BCUT2D eigenvalue weighted by Gasteiger charge is -2.33. The van der Waals surface area contributed by atoms with Gasteiger partial charge in [-0.2, -0.15) is 0 Å². The second-order valence-electron chi connectivity index (χ2n) is 16.7. The maximum atomic E-state index is 2.52. The minimum atomic E-state index is -0.460. The molecule has 11 aromatic rings. The van der Waals surface area contributed by atoms with Crippen molar-refractivity contribution in [1.82, 2.24) is 0 Å². The second-order valence-corrected chi connectivity index (χ2v) is 17.8. The largest absolute Gasteiger partial charge is 0.310 e. The molecule has 2 heteroatoms. The Hall–Kier alpha value is -7.78. The predicted molar refractivity (Wildman–Crippen MR) is 267 cm³/mol. The van der Waals surface area contributed by atoms with E-state index in [4.69, 9.17) is 0 Å². The van der Waals surface area contributed by atoms with Gasteiger partial charge in [0.1, 0.15) is 0 Å². The second kappa shape index (κ2) is 14.1. The molecule has 2 aliphatic carbocycles. The van der Waals surface area contributed by atoms with Crippen LogP contribution in [-0.4, -0.2) is 0 Å². The summed E-state index contributed by atoms with van der Waals surface area (Å²) >= 11 is 1.87. The Morgan fingerprint density at radius 2 is 0.825 bits per heavy atom. The van der Waals surface area contributed by atoms with Crippen molar-refractivity contribution in [2.45, 2.75) is 5.41 Å². The Bertz CT molecular complexity index is 3500. The highest BCUT2D eigenvalue weighted by Crippen LogP contribution is 2.63. The number of anilines is 3. The standard InChI is InChI=1S/C61H39NS/c1-3-16-40(17-4-1)42-30-32-45(33-31-42)62(56-36-37-58-60(51-25-10-14-29-57(51)63-58)59(56)44-21-15-20-43(38-44)41-18-5-2-6-19-41)46-34-35-50-49-24-9-13-28-54(49)61(55(50)39-46)52-26-11-7-22-47(52)48-23-8-12-27-53(48)61/h1-39H. The number of hydrogen-bond donors (Lipinski definition) is 0. The van der Waals surface area contributed by atoms with Gasteiger partial charge in [0.15, 0.2) is 0 Å². The van der Waals surface area contributed by atoms with Gasteiger partial charge in [-0.25, -0.2) is 0 Å². The Labute approximate surface area is 371 Å². The molecule has 0 saturated carbocycles. The molecule has 0 fully saturated rings. The van der Waals surface area contributed by atoms with Crippen molar-refractivity contribution < 1.29 is 0 Å². The normalized spacial score (nSPS) is 12.9. The van der Waals surface area contributed by atoms with Gasteiger partial charge in [-0.05, 0) is 121 Å². The summed E-state index contributed by atoms with van der Waals surface area (Å²) in [4.78, 5) is 2.52. The molecule has 1 nitrogen and oxygen atoms in total. The van der Waals surface area contributed by atoms with Crippen LogP contribution < -0.4 is 4.90 Å². The average Bonchev–Trinajstić information content (AvgIpc) is 3.99. The van der Waals surface area contributed by atoms with Crippen molar-refractivity contribution in [3.63, 3.8) is 0 Å². The van der Waals surface area contributed by atoms with E-state index in [0.717, 1.165) is 17.1 Å². The first-order valence-corrected chi connectivity index (χ1v) is 22.6. The van der Waals surface area contributed by atoms with Gasteiger partial charge in [0, 0.05) is 37.1 Å². The van der Waals surface area contributed by atoms with Crippen LogP contribution in [0, 0.1) is 0 Å². The Balaban J connectivity index is 1.11. The molecule has 0 aliphatic heterocycles. The van der Waals surface area contributed by atoms with Gasteiger partial charge in [0.25, 0.3) is 0 Å². The van der Waals surface area contributed by atoms with Gasteiger partial charge in [0.2, 0.25) is 0 Å². The zero-order valence-corrected chi connectivity index (χ0v) is 35.2. The highest BCUT2D eigenvalue weighted by Gasteiger charge is 2.51. The topological polar surface area (TPSA) is 3.24 Å². The highest BCUT2D eigenvalue weighted by atomic mass is 32.1. The van der Waals surface area contributed by atoms with Gasteiger partial charge in [-0.15, -0.1) is 11.3 Å². The fourth-order valence-electron chi connectivity index (χ4n) is 10.9. The monoisotopic (exact) mass is 817 g/mol. The van der Waals surface area contributed by atoms with E-state index in [2.05, 4.69) is 241 Å². The number of thiophene rings is 1. The number of hydrogen-bond acceptors (Lipinski definition) is 2. The molecule has 63 heavy (non-hydrogen) atoms. The molecule has 0 radical (unpaired) electrons. The van der Waals surface area contributed by atoms with Crippen LogP contribution in [0.2, 0.25) is 0 Å². The molecule has 0 saturated heterocycles. The van der Waals surface area contributed by atoms with Gasteiger partial charge in [-0.1, -0.05) is 188 Å². The van der Waals surface area contributed by atoms with Gasteiger partial charge in [0.05, 0.1) is 11.1 Å². The lowest BCUT2D eigenvalue weighted by Crippen LogP contribution is -2.26. The van der Waals surface area contributed by atoms with Gasteiger partial charge < -0.3 is 4.90 Å². The number of fused-ring (bicyclic) bond motifs is 13. The molecule has 10 aromatic carbocycles. The van der Waals surface area contributed by atoms with E-state index < -0.39 is 5.41 Å². The molecular weight excluding hydrogens is 779 g/mol. The molecule has 0 amide bonds. The summed E-state index contributed by atoms with van der Waals surface area (Å²) in [6.45, 7) is 0. The molecule has 1 heterocycles. The molecular formula is C61H39NS. The maximum absolute atomic E-state index is 2.52. The highest BCUT2D eigenvalue weighted by molar-refractivity contribution is 7.26. The Morgan fingerprint density at radius 3 is 1.49 bits per heavy atom. The molecule has 0 bridgehead atoms. The summed E-state index contributed by atoms with van der Waals surface area (Å²) in [5.41, 5.74) is 20.7. The summed E-state index contributed by atoms with van der Waals surface area (Å²) in [5, 5.41) is 2.56. The Morgan fingerprint density at radius 1 is 0.317 bits per heavy atom. The van der Waals surface area contributed by atoms with Crippen LogP contribution in [0.4, 0.5) is 17.1 Å². The maximum Gasteiger partial charge on any atom is 0.0726 e. The third-order valence-corrected chi connectivity index (χ3v) is 14.6. The van der Waals surface area contributed by atoms with Crippen molar-refractivity contribution in [2.75, 3.05) is 4.90 Å². The van der Waals surface area contributed by atoms with Crippen LogP contribution in [0.1, 0.15) is 22.3 Å². The molecule has 13 rings (SSSR count). The first-order valence-electron chi connectivity index (χ1n) is 21.8. The SMILES string of the molecule is c1ccc(-c2ccc(N(c3ccc4c(c3)C3(c5ccccc5-c5ccccc53)c3ccccc3-4)c3ccc4sc5ccccc5c4c3-c3cccc(-c4ccccc4)c3)cc2)cc1. The number of nitrogens with zero attached hydrogens (tertiary/aromatic N) is 1. The quantitative estimate of drug-likeness (QED) is 0.162. The third-order valence-electron chi connectivity index (χ3n) is 13.5. The number of rotatable bonds is 6. The van der Waals surface area contributed by atoms with E-state index in [1.165, 1.54) is 98.1 Å². The first kappa shape index (κ1) is 35.9. The van der Waals surface area contributed by atoms with Crippen LogP contribution in [-0.2, 0) is 5.41 Å². The lowest BCUT2D eigenvalue weighted by molar-refractivity contribution is 0.793. The van der Waals surface area contributed by atoms with Crippen molar-refractivity contribution in [2.24, 2.45) is 0 Å². The smallest absolute Gasteiger partial charge is 0.0726 e.